The van der Waals surface area contributed by atoms with Gasteiger partial charge in [0.15, 0.2) is 5.76 Å². The summed E-state index contributed by atoms with van der Waals surface area (Å²) < 4.78 is 17.7. The minimum Gasteiger partial charge on any atom is -0.483 e. The van der Waals surface area contributed by atoms with E-state index in [1.165, 1.54) is 23.9 Å². The van der Waals surface area contributed by atoms with Gasteiger partial charge in [-0.25, -0.2) is 4.79 Å². The van der Waals surface area contributed by atoms with Crippen LogP contribution >= 0.6 is 27.3 Å². The molecular formula is C22H19BrN6O6S. The fraction of sp³-hybridized carbons (Fsp3) is 0.182. The van der Waals surface area contributed by atoms with Gasteiger partial charge >= 0.3 is 5.63 Å². The van der Waals surface area contributed by atoms with Gasteiger partial charge < -0.3 is 19.2 Å². The summed E-state index contributed by atoms with van der Waals surface area (Å²) in [5.41, 5.74) is 0.195. The molecule has 0 aliphatic heterocycles. The van der Waals surface area contributed by atoms with Gasteiger partial charge in [0, 0.05) is 19.1 Å². The Morgan fingerprint density at radius 2 is 1.94 bits per heavy atom. The molecule has 0 radical (unpaired) electrons. The highest BCUT2D eigenvalue weighted by atomic mass is 79.9. The zero-order valence-corrected chi connectivity index (χ0v) is 21.2. The molecule has 4 rings (SSSR count). The van der Waals surface area contributed by atoms with Crippen LogP contribution in [0.3, 0.4) is 0 Å². The van der Waals surface area contributed by atoms with Gasteiger partial charge in [0.2, 0.25) is 21.9 Å². The monoisotopic (exact) mass is 574 g/mol. The summed E-state index contributed by atoms with van der Waals surface area (Å²) >= 11 is 4.24. The quantitative estimate of drug-likeness (QED) is 0.272. The summed E-state index contributed by atoms with van der Waals surface area (Å²) in [4.78, 5) is 36.3. The number of amides is 2. The number of nitrogens with zero attached hydrogens (tertiary/aromatic N) is 4. The first kappa shape index (κ1) is 25.2. The van der Waals surface area contributed by atoms with E-state index < -0.39 is 11.5 Å². The van der Waals surface area contributed by atoms with Gasteiger partial charge in [-0.3, -0.25) is 14.9 Å². The lowest BCUT2D eigenvalue weighted by Gasteiger charge is -2.08. The molecule has 12 nitrogen and oxygen atoms in total. The second kappa shape index (κ2) is 11.7. The molecule has 186 valence electrons. The molecule has 0 aliphatic carbocycles. The van der Waals surface area contributed by atoms with Gasteiger partial charge in [-0.2, -0.15) is 9.78 Å². The fourth-order valence-electron chi connectivity index (χ4n) is 2.90. The van der Waals surface area contributed by atoms with Gasteiger partial charge in [0.1, 0.15) is 12.4 Å². The van der Waals surface area contributed by atoms with Crippen LogP contribution in [0, 0.1) is 0 Å². The maximum absolute atomic E-state index is 12.6. The Balaban J connectivity index is 1.34. The van der Waals surface area contributed by atoms with Crippen molar-refractivity contribution in [2.75, 3.05) is 23.8 Å². The predicted molar refractivity (Wildman–Crippen MR) is 134 cm³/mol. The van der Waals surface area contributed by atoms with E-state index in [1.54, 1.807) is 6.07 Å². The number of anilines is 2. The Kier molecular flexibility index (Phi) is 8.20. The Morgan fingerprint density at radius 1 is 1.14 bits per heavy atom. The van der Waals surface area contributed by atoms with Gasteiger partial charge in [-0.1, -0.05) is 41.7 Å². The van der Waals surface area contributed by atoms with E-state index in [0.29, 0.717) is 17.6 Å². The molecule has 0 unspecified atom stereocenters. The van der Waals surface area contributed by atoms with Gasteiger partial charge in [-0.05, 0) is 21.5 Å². The third kappa shape index (κ3) is 6.41. The largest absolute Gasteiger partial charge is 0.483 e. The number of nitrogens with one attached hydrogen (secondary N) is 2. The molecule has 0 bridgehead atoms. The van der Waals surface area contributed by atoms with Crippen molar-refractivity contribution in [3.8, 4) is 10.9 Å². The lowest BCUT2D eigenvalue weighted by Crippen LogP contribution is -2.17. The summed E-state index contributed by atoms with van der Waals surface area (Å²) in [5, 5.41) is 17.5. The van der Waals surface area contributed by atoms with E-state index in [1.807, 2.05) is 30.3 Å². The molecule has 0 aliphatic rings. The summed E-state index contributed by atoms with van der Waals surface area (Å²) in [6.07, 6.45) is 1.48. The van der Waals surface area contributed by atoms with E-state index >= 15 is 0 Å². The molecule has 2 amide bonds. The standard InChI is InChI=1S/C22H19BrN6O6S/c1-13(30)25-17-7-8-24-29(17)22-28-27-21(36-22)26-19(31)16-11-15(23)18(20(32)35-16)34-10-9-33-12-14-5-3-2-4-6-14/h2-8,11H,9-10,12H2,1H3,(H,25,30)(H,26,27,31). The number of halogens is 1. The second-order valence-electron chi connectivity index (χ2n) is 7.12. The molecule has 2 N–H and O–H groups in total. The Morgan fingerprint density at radius 3 is 2.69 bits per heavy atom. The first-order chi connectivity index (χ1) is 17.4. The van der Waals surface area contributed by atoms with E-state index in [0.717, 1.165) is 16.9 Å². The predicted octanol–water partition coefficient (Wildman–Crippen LogP) is 3.25. The van der Waals surface area contributed by atoms with E-state index in [4.69, 9.17) is 13.9 Å². The molecule has 0 spiro atoms. The lowest BCUT2D eigenvalue weighted by molar-refractivity contribution is -0.114. The average Bonchev–Trinajstić information content (AvgIpc) is 3.49. The van der Waals surface area contributed by atoms with Crippen LogP contribution in [0.2, 0.25) is 0 Å². The SMILES string of the molecule is CC(=O)Nc1ccnn1-c1nnc(NC(=O)c2cc(Br)c(OCCOCc3ccccc3)c(=O)o2)s1. The van der Waals surface area contributed by atoms with Gasteiger partial charge in [-0.15, -0.1) is 10.2 Å². The van der Waals surface area contributed by atoms with Gasteiger partial charge in [0.25, 0.3) is 5.91 Å². The molecule has 0 saturated heterocycles. The summed E-state index contributed by atoms with van der Waals surface area (Å²) in [6.45, 7) is 2.15. The van der Waals surface area contributed by atoms with Crippen molar-refractivity contribution >= 4 is 50.0 Å². The number of ether oxygens (including phenoxy) is 2. The van der Waals surface area contributed by atoms with E-state index in [2.05, 4.69) is 41.9 Å². The molecule has 1 aromatic carbocycles. The molecule has 0 saturated carbocycles. The molecule has 3 heterocycles. The minimum atomic E-state index is -0.827. The molecule has 0 fully saturated rings. The van der Waals surface area contributed by atoms with Crippen LogP contribution in [0.15, 0.2) is 62.3 Å². The Labute approximate surface area is 216 Å². The summed E-state index contributed by atoms with van der Waals surface area (Å²) in [7, 11) is 0. The van der Waals surface area contributed by atoms with Crippen LogP contribution in [0.4, 0.5) is 10.9 Å². The topological polar surface area (TPSA) is 150 Å². The molecular weight excluding hydrogens is 556 g/mol. The molecule has 14 heteroatoms. The third-order valence-electron chi connectivity index (χ3n) is 4.44. The highest BCUT2D eigenvalue weighted by molar-refractivity contribution is 9.10. The van der Waals surface area contributed by atoms with Crippen LogP contribution in [0.5, 0.6) is 5.75 Å². The van der Waals surface area contributed by atoms with Crippen molar-refractivity contribution in [2.24, 2.45) is 0 Å². The summed E-state index contributed by atoms with van der Waals surface area (Å²) in [6, 6.07) is 12.6. The lowest BCUT2D eigenvalue weighted by atomic mass is 10.2. The molecule has 36 heavy (non-hydrogen) atoms. The maximum atomic E-state index is 12.6. The number of carbonyl (C=O) groups excluding carboxylic acids is 2. The normalized spacial score (nSPS) is 10.7. The van der Waals surface area contributed by atoms with Crippen molar-refractivity contribution in [3.05, 3.63) is 74.9 Å². The number of aromatic nitrogens is 4. The van der Waals surface area contributed by atoms with Crippen molar-refractivity contribution in [2.45, 2.75) is 13.5 Å². The average molecular weight is 575 g/mol. The van der Waals surface area contributed by atoms with Crippen LogP contribution < -0.4 is 21.0 Å². The smallest absolute Gasteiger partial charge is 0.380 e. The van der Waals surface area contributed by atoms with Crippen LogP contribution in [0.25, 0.3) is 5.13 Å². The third-order valence-corrected chi connectivity index (χ3v) is 5.84. The molecule has 4 aromatic rings. The minimum absolute atomic E-state index is 0.0720. The van der Waals surface area contributed by atoms with Crippen molar-refractivity contribution < 1.29 is 23.5 Å². The van der Waals surface area contributed by atoms with Crippen LogP contribution in [-0.4, -0.2) is 45.0 Å². The number of rotatable bonds is 10. The van der Waals surface area contributed by atoms with Gasteiger partial charge in [0.05, 0.1) is 23.9 Å². The number of hydrogen-bond acceptors (Lipinski definition) is 10. The molecule has 0 atom stereocenters. The van der Waals surface area contributed by atoms with Crippen molar-refractivity contribution in [3.63, 3.8) is 0 Å². The molecule has 3 aromatic heterocycles. The van der Waals surface area contributed by atoms with Crippen LogP contribution in [-0.2, 0) is 16.1 Å². The zero-order chi connectivity index (χ0) is 25.5. The van der Waals surface area contributed by atoms with Crippen molar-refractivity contribution in [1.82, 2.24) is 20.0 Å². The number of carbonyl (C=O) groups is 2. The Bertz CT molecular complexity index is 1420. The Hall–Kier alpha value is -3.88. The maximum Gasteiger partial charge on any atom is 0.380 e. The number of benzene rings is 1. The highest BCUT2D eigenvalue weighted by Gasteiger charge is 2.19. The van der Waals surface area contributed by atoms with Crippen molar-refractivity contribution in [1.29, 1.82) is 0 Å². The summed E-state index contributed by atoms with van der Waals surface area (Å²) in [5.74, 6) is -0.919. The second-order valence-corrected chi connectivity index (χ2v) is 8.93. The first-order valence-electron chi connectivity index (χ1n) is 10.5. The zero-order valence-electron chi connectivity index (χ0n) is 18.8. The van der Waals surface area contributed by atoms with E-state index in [9.17, 15) is 14.4 Å². The van der Waals surface area contributed by atoms with E-state index in [-0.39, 0.29) is 40.2 Å². The first-order valence-corrected chi connectivity index (χ1v) is 12.1. The fourth-order valence-corrected chi connectivity index (χ4v) is 4.10. The van der Waals surface area contributed by atoms with Crippen LogP contribution in [0.1, 0.15) is 23.0 Å². The number of hydrogen-bond donors (Lipinski definition) is 2. The highest BCUT2D eigenvalue weighted by Crippen LogP contribution is 2.25.